The zero-order chi connectivity index (χ0) is 20.0. The predicted octanol–water partition coefficient (Wildman–Crippen LogP) is 2.29. The number of benzene rings is 2. The van der Waals surface area contributed by atoms with Gasteiger partial charge in [-0.15, -0.1) is 0 Å². The lowest BCUT2D eigenvalue weighted by atomic mass is 9.97. The average Bonchev–Trinajstić information content (AvgIpc) is 3.35. The lowest BCUT2D eigenvalue weighted by Gasteiger charge is -2.43. The smallest absolute Gasteiger partial charge is 0.285 e. The molecule has 0 fully saturated rings. The van der Waals surface area contributed by atoms with Crippen molar-refractivity contribution in [2.24, 2.45) is 0 Å². The third-order valence-corrected chi connectivity index (χ3v) is 6.05. The average molecular weight is 407 g/mol. The van der Waals surface area contributed by atoms with Gasteiger partial charge in [-0.2, -0.15) is 5.10 Å². The maximum absolute atomic E-state index is 13.5. The van der Waals surface area contributed by atoms with E-state index in [1.807, 2.05) is 48.5 Å². The van der Waals surface area contributed by atoms with E-state index in [0.29, 0.717) is 16.4 Å². The minimum absolute atomic E-state index is 0.0772. The highest BCUT2D eigenvalue weighted by Gasteiger charge is 2.59. The molecule has 0 aliphatic carbocycles. The van der Waals surface area contributed by atoms with E-state index in [-0.39, 0.29) is 24.2 Å². The van der Waals surface area contributed by atoms with Gasteiger partial charge in [-0.25, -0.2) is 4.98 Å². The standard InChI is InChI=1S/C20H17N5O3S/c1-24-16-9-5-3-7-14(16)20(18(24)27)25(15-8-4-2-6-13(15)10-28-20)17(26)11-29-19-21-12-22-23-19/h2-9,12H,10-11H2,1H3,(H,21,22,23). The van der Waals surface area contributed by atoms with Gasteiger partial charge in [0.05, 0.1) is 23.7 Å². The molecule has 3 aromatic rings. The van der Waals surface area contributed by atoms with Crippen LogP contribution in [0.25, 0.3) is 0 Å². The van der Waals surface area contributed by atoms with Gasteiger partial charge in [0.15, 0.2) is 5.16 Å². The Labute approximate surface area is 170 Å². The molecule has 1 N–H and O–H groups in total. The Morgan fingerprint density at radius 1 is 1.21 bits per heavy atom. The second kappa shape index (κ2) is 6.71. The Morgan fingerprint density at radius 2 is 1.97 bits per heavy atom. The number of H-pyrrole nitrogens is 1. The minimum Gasteiger partial charge on any atom is -0.338 e. The van der Waals surface area contributed by atoms with Crippen LogP contribution in [0.3, 0.4) is 0 Å². The molecule has 0 saturated heterocycles. The Kier molecular flexibility index (Phi) is 4.14. The van der Waals surface area contributed by atoms with Gasteiger partial charge in [-0.1, -0.05) is 48.2 Å². The molecular weight excluding hydrogens is 390 g/mol. The number of nitrogens with one attached hydrogen (secondary N) is 1. The molecular formula is C20H17N5O3S. The van der Waals surface area contributed by atoms with Crippen LogP contribution in [-0.4, -0.2) is 39.8 Å². The monoisotopic (exact) mass is 407 g/mol. The number of para-hydroxylation sites is 2. The number of anilines is 2. The topological polar surface area (TPSA) is 91.4 Å². The fourth-order valence-corrected chi connectivity index (χ4v) is 4.52. The number of aromatic nitrogens is 3. The van der Waals surface area contributed by atoms with Gasteiger partial charge in [0, 0.05) is 18.2 Å². The van der Waals surface area contributed by atoms with Crippen molar-refractivity contribution in [3.8, 4) is 0 Å². The molecule has 0 bridgehead atoms. The van der Waals surface area contributed by atoms with Gasteiger partial charge in [0.2, 0.25) is 5.91 Å². The zero-order valence-corrected chi connectivity index (χ0v) is 16.3. The molecule has 1 aromatic heterocycles. The van der Waals surface area contributed by atoms with E-state index in [1.165, 1.54) is 23.0 Å². The van der Waals surface area contributed by atoms with Gasteiger partial charge in [-0.3, -0.25) is 19.6 Å². The van der Waals surface area contributed by atoms with Crippen molar-refractivity contribution < 1.29 is 14.3 Å². The van der Waals surface area contributed by atoms with Crippen LogP contribution in [0.15, 0.2) is 60.0 Å². The fraction of sp³-hybridized carbons (Fsp3) is 0.200. The highest BCUT2D eigenvalue weighted by atomic mass is 32.2. The van der Waals surface area contributed by atoms with Crippen molar-refractivity contribution in [3.05, 3.63) is 66.0 Å². The lowest BCUT2D eigenvalue weighted by molar-refractivity contribution is -0.152. The second-order valence-electron chi connectivity index (χ2n) is 6.75. The summed E-state index contributed by atoms with van der Waals surface area (Å²) in [4.78, 5) is 34.0. The van der Waals surface area contributed by atoms with Gasteiger partial charge >= 0.3 is 0 Å². The summed E-state index contributed by atoms with van der Waals surface area (Å²) < 4.78 is 6.20. The van der Waals surface area contributed by atoms with E-state index in [9.17, 15) is 9.59 Å². The molecule has 29 heavy (non-hydrogen) atoms. The van der Waals surface area contributed by atoms with E-state index in [0.717, 1.165) is 11.3 Å². The SMILES string of the molecule is CN1C(=O)C2(OCc3ccccc3N2C(=O)CSc2ncn[nH]2)c2ccccc21. The van der Waals surface area contributed by atoms with Crippen LogP contribution in [0.2, 0.25) is 0 Å². The summed E-state index contributed by atoms with van der Waals surface area (Å²) in [5, 5.41) is 7.07. The van der Waals surface area contributed by atoms with Crippen LogP contribution in [0.1, 0.15) is 11.1 Å². The second-order valence-corrected chi connectivity index (χ2v) is 7.72. The van der Waals surface area contributed by atoms with Crippen LogP contribution in [0.5, 0.6) is 0 Å². The Morgan fingerprint density at radius 3 is 2.76 bits per heavy atom. The van der Waals surface area contributed by atoms with Gasteiger partial charge < -0.3 is 9.64 Å². The van der Waals surface area contributed by atoms with Crippen LogP contribution < -0.4 is 9.80 Å². The number of thioether (sulfide) groups is 1. The van der Waals surface area contributed by atoms with E-state index in [4.69, 9.17) is 4.74 Å². The lowest BCUT2D eigenvalue weighted by Crippen LogP contribution is -2.59. The first kappa shape index (κ1) is 17.9. The molecule has 2 aliphatic rings. The molecule has 9 heteroatoms. The molecule has 2 aromatic carbocycles. The predicted molar refractivity (Wildman–Crippen MR) is 107 cm³/mol. The normalized spacial score (nSPS) is 20.1. The number of rotatable bonds is 3. The molecule has 1 atom stereocenters. The maximum atomic E-state index is 13.5. The molecule has 8 nitrogen and oxygen atoms in total. The van der Waals surface area contributed by atoms with Crippen molar-refractivity contribution >= 4 is 35.0 Å². The summed E-state index contributed by atoms with van der Waals surface area (Å²) in [5.74, 6) is -0.462. The molecule has 1 unspecified atom stereocenters. The molecule has 3 heterocycles. The summed E-state index contributed by atoms with van der Waals surface area (Å²) in [6.45, 7) is 0.239. The number of ether oxygens (including phenoxy) is 1. The zero-order valence-electron chi connectivity index (χ0n) is 15.5. The number of nitrogens with zero attached hydrogens (tertiary/aromatic N) is 4. The minimum atomic E-state index is -1.52. The number of amides is 2. The van der Waals surface area contributed by atoms with E-state index in [1.54, 1.807) is 11.9 Å². The Hall–Kier alpha value is -3.17. The third-order valence-electron chi connectivity index (χ3n) is 5.18. The quantitative estimate of drug-likeness (QED) is 0.670. The number of fused-ring (bicyclic) bond motifs is 3. The van der Waals surface area contributed by atoms with E-state index < -0.39 is 5.72 Å². The van der Waals surface area contributed by atoms with Crippen molar-refractivity contribution in [2.45, 2.75) is 17.5 Å². The maximum Gasteiger partial charge on any atom is 0.285 e. The highest BCUT2D eigenvalue weighted by Crippen LogP contribution is 2.49. The summed E-state index contributed by atoms with van der Waals surface area (Å²) in [7, 11) is 1.70. The van der Waals surface area contributed by atoms with Crippen LogP contribution in [-0.2, 0) is 26.7 Å². The summed E-state index contributed by atoms with van der Waals surface area (Å²) >= 11 is 1.23. The first-order chi connectivity index (χ1) is 14.1. The van der Waals surface area contributed by atoms with Crippen molar-refractivity contribution in [3.63, 3.8) is 0 Å². The first-order valence-electron chi connectivity index (χ1n) is 9.03. The number of carbonyl (C=O) groups excluding carboxylic acids is 2. The van der Waals surface area contributed by atoms with Gasteiger partial charge in [0.25, 0.3) is 11.6 Å². The molecule has 5 rings (SSSR count). The summed E-state index contributed by atoms with van der Waals surface area (Å²) in [5.41, 5.74) is 1.42. The van der Waals surface area contributed by atoms with Crippen LogP contribution in [0, 0.1) is 0 Å². The number of hydrogen-bond acceptors (Lipinski definition) is 6. The number of carbonyl (C=O) groups is 2. The number of aromatic amines is 1. The molecule has 0 saturated carbocycles. The summed E-state index contributed by atoms with van der Waals surface area (Å²) in [6.07, 6.45) is 1.39. The van der Waals surface area contributed by atoms with E-state index >= 15 is 0 Å². The summed E-state index contributed by atoms with van der Waals surface area (Å²) in [6, 6.07) is 14.9. The fourth-order valence-electron chi connectivity index (χ4n) is 3.90. The molecule has 0 radical (unpaired) electrons. The largest absolute Gasteiger partial charge is 0.338 e. The molecule has 2 amide bonds. The number of hydrogen-bond donors (Lipinski definition) is 1. The Bertz CT molecular complexity index is 1100. The first-order valence-corrected chi connectivity index (χ1v) is 10.0. The molecule has 146 valence electrons. The van der Waals surface area contributed by atoms with Crippen molar-refractivity contribution in [1.29, 1.82) is 0 Å². The molecule has 1 spiro atoms. The van der Waals surface area contributed by atoms with E-state index in [2.05, 4.69) is 15.2 Å². The number of likely N-dealkylation sites (N-methyl/N-ethyl adjacent to an activating group) is 1. The highest BCUT2D eigenvalue weighted by molar-refractivity contribution is 7.99. The third kappa shape index (κ3) is 2.58. The van der Waals surface area contributed by atoms with Crippen molar-refractivity contribution in [1.82, 2.24) is 15.2 Å². The van der Waals surface area contributed by atoms with Crippen LogP contribution in [0.4, 0.5) is 11.4 Å². The van der Waals surface area contributed by atoms with Crippen LogP contribution >= 0.6 is 11.8 Å². The Balaban J connectivity index is 1.63. The van der Waals surface area contributed by atoms with Crippen molar-refractivity contribution in [2.75, 3.05) is 22.6 Å². The van der Waals surface area contributed by atoms with Gasteiger partial charge in [-0.05, 0) is 12.1 Å². The van der Waals surface area contributed by atoms with Gasteiger partial charge in [0.1, 0.15) is 6.33 Å². The molecule has 2 aliphatic heterocycles.